The summed E-state index contributed by atoms with van der Waals surface area (Å²) in [6, 6.07) is 0. The molecule has 22 heavy (non-hydrogen) atoms. The fourth-order valence-corrected chi connectivity index (χ4v) is 3.43. The van der Waals surface area contributed by atoms with Crippen LogP contribution >= 0.6 is 11.3 Å². The van der Waals surface area contributed by atoms with Crippen molar-refractivity contribution in [2.45, 2.75) is 32.5 Å². The van der Waals surface area contributed by atoms with Gasteiger partial charge < -0.3 is 9.64 Å². The number of aromatic nitrogens is 3. The highest BCUT2D eigenvalue weighted by molar-refractivity contribution is 7.09. The Kier molecular flexibility index (Phi) is 4.54. The first kappa shape index (κ1) is 15.2. The first-order chi connectivity index (χ1) is 10.7. The van der Waals surface area contributed by atoms with Crippen molar-refractivity contribution in [3.8, 4) is 0 Å². The normalized spacial score (nSPS) is 21.2. The SMILES string of the molecule is CCn1cc([C@H]2OCC[C@@H]2C(=O)N(C)Cc2nccs2)cn1. The summed E-state index contributed by atoms with van der Waals surface area (Å²) in [4.78, 5) is 18.7. The zero-order valence-electron chi connectivity index (χ0n) is 12.8. The van der Waals surface area contributed by atoms with Crippen LogP contribution < -0.4 is 0 Å². The number of nitrogens with zero attached hydrogens (tertiary/aromatic N) is 4. The van der Waals surface area contributed by atoms with Crippen molar-refractivity contribution in [2.24, 2.45) is 5.92 Å². The molecule has 2 aromatic rings. The Balaban J connectivity index is 1.70. The summed E-state index contributed by atoms with van der Waals surface area (Å²) in [5, 5.41) is 7.16. The lowest BCUT2D eigenvalue weighted by Gasteiger charge is -2.23. The van der Waals surface area contributed by atoms with E-state index in [1.807, 2.05) is 30.2 Å². The third-order valence-corrected chi connectivity index (χ3v) is 4.71. The van der Waals surface area contributed by atoms with E-state index in [1.165, 1.54) is 0 Å². The molecule has 6 nitrogen and oxygen atoms in total. The number of ether oxygens (including phenoxy) is 1. The topological polar surface area (TPSA) is 60.2 Å². The average molecular weight is 320 g/mol. The average Bonchev–Trinajstić information content (AvgIpc) is 3.26. The highest BCUT2D eigenvalue weighted by Gasteiger charge is 2.37. The number of carbonyl (C=O) groups is 1. The molecule has 1 fully saturated rings. The van der Waals surface area contributed by atoms with Crippen molar-refractivity contribution >= 4 is 17.2 Å². The maximum Gasteiger partial charge on any atom is 0.228 e. The quantitative estimate of drug-likeness (QED) is 0.846. The fourth-order valence-electron chi connectivity index (χ4n) is 2.77. The van der Waals surface area contributed by atoms with Gasteiger partial charge in [0, 0.05) is 43.5 Å². The monoisotopic (exact) mass is 320 g/mol. The molecule has 1 aliphatic rings. The molecule has 0 aromatic carbocycles. The largest absolute Gasteiger partial charge is 0.373 e. The van der Waals surface area contributed by atoms with Crippen LogP contribution in [0.3, 0.4) is 0 Å². The number of rotatable bonds is 5. The summed E-state index contributed by atoms with van der Waals surface area (Å²) in [5.41, 5.74) is 0.986. The lowest BCUT2D eigenvalue weighted by Crippen LogP contribution is -2.33. The Bertz CT molecular complexity index is 625. The molecule has 1 amide bonds. The van der Waals surface area contributed by atoms with Crippen molar-refractivity contribution in [3.05, 3.63) is 34.5 Å². The van der Waals surface area contributed by atoms with Gasteiger partial charge in [-0.3, -0.25) is 9.48 Å². The molecule has 0 bridgehead atoms. The van der Waals surface area contributed by atoms with Crippen molar-refractivity contribution < 1.29 is 9.53 Å². The predicted octanol–water partition coefficient (Wildman–Crippen LogP) is 2.10. The molecule has 7 heteroatoms. The second-order valence-electron chi connectivity index (χ2n) is 5.44. The summed E-state index contributed by atoms with van der Waals surface area (Å²) in [6.07, 6.45) is 6.10. The molecule has 1 saturated heterocycles. The van der Waals surface area contributed by atoms with E-state index >= 15 is 0 Å². The molecule has 0 radical (unpaired) electrons. The highest BCUT2D eigenvalue weighted by atomic mass is 32.1. The van der Waals surface area contributed by atoms with Gasteiger partial charge in [0.1, 0.15) is 5.01 Å². The van der Waals surface area contributed by atoms with E-state index in [4.69, 9.17) is 4.74 Å². The van der Waals surface area contributed by atoms with Crippen molar-refractivity contribution in [3.63, 3.8) is 0 Å². The summed E-state index contributed by atoms with van der Waals surface area (Å²) in [7, 11) is 1.83. The Morgan fingerprint density at radius 1 is 1.59 bits per heavy atom. The smallest absolute Gasteiger partial charge is 0.228 e. The van der Waals surface area contributed by atoms with E-state index in [0.717, 1.165) is 23.5 Å². The summed E-state index contributed by atoms with van der Waals surface area (Å²) >= 11 is 1.57. The van der Waals surface area contributed by atoms with Crippen LogP contribution in [0.2, 0.25) is 0 Å². The molecule has 0 saturated carbocycles. The van der Waals surface area contributed by atoms with E-state index in [0.29, 0.717) is 13.2 Å². The molecular weight excluding hydrogens is 300 g/mol. The molecule has 118 valence electrons. The second-order valence-corrected chi connectivity index (χ2v) is 6.42. The minimum absolute atomic E-state index is 0.113. The Morgan fingerprint density at radius 2 is 2.45 bits per heavy atom. The van der Waals surface area contributed by atoms with Crippen LogP contribution in [0.5, 0.6) is 0 Å². The van der Waals surface area contributed by atoms with E-state index in [-0.39, 0.29) is 17.9 Å². The van der Waals surface area contributed by atoms with Gasteiger partial charge >= 0.3 is 0 Å². The summed E-state index contributed by atoms with van der Waals surface area (Å²) < 4.78 is 7.66. The lowest BCUT2D eigenvalue weighted by atomic mass is 9.96. The van der Waals surface area contributed by atoms with Crippen LogP contribution in [0.25, 0.3) is 0 Å². The third-order valence-electron chi connectivity index (χ3n) is 3.95. The molecule has 0 aliphatic carbocycles. The van der Waals surface area contributed by atoms with Gasteiger partial charge in [-0.15, -0.1) is 11.3 Å². The van der Waals surface area contributed by atoms with Gasteiger partial charge in [0.25, 0.3) is 0 Å². The van der Waals surface area contributed by atoms with Crippen LogP contribution in [0, 0.1) is 5.92 Å². The zero-order valence-corrected chi connectivity index (χ0v) is 13.6. The van der Waals surface area contributed by atoms with E-state index < -0.39 is 0 Å². The molecular formula is C15H20N4O2S. The molecule has 1 aliphatic heterocycles. The highest BCUT2D eigenvalue weighted by Crippen LogP contribution is 2.35. The number of hydrogen-bond acceptors (Lipinski definition) is 5. The Labute approximate surface area is 133 Å². The maximum atomic E-state index is 12.7. The van der Waals surface area contributed by atoms with E-state index in [9.17, 15) is 4.79 Å². The Morgan fingerprint density at radius 3 is 3.14 bits per heavy atom. The van der Waals surface area contributed by atoms with E-state index in [2.05, 4.69) is 10.1 Å². The molecule has 0 spiro atoms. The standard InChI is InChI=1S/C15H20N4O2S/c1-3-19-9-11(8-17-19)14-12(4-6-21-14)15(20)18(2)10-13-16-5-7-22-13/h5,7-9,12,14H,3-4,6,10H2,1-2H3/t12-,14+/m0/s1. The maximum absolute atomic E-state index is 12.7. The van der Waals surface area contributed by atoms with Gasteiger partial charge in [0.05, 0.1) is 24.8 Å². The molecule has 2 aromatic heterocycles. The predicted molar refractivity (Wildman–Crippen MR) is 83.3 cm³/mol. The fraction of sp³-hybridized carbons (Fsp3) is 0.533. The second kappa shape index (κ2) is 6.58. The van der Waals surface area contributed by atoms with Crippen LogP contribution in [0.4, 0.5) is 0 Å². The van der Waals surface area contributed by atoms with Crippen molar-refractivity contribution in [1.82, 2.24) is 19.7 Å². The number of thiazole rings is 1. The van der Waals surface area contributed by atoms with Gasteiger partial charge in [0.15, 0.2) is 0 Å². The molecule has 3 rings (SSSR count). The number of carbonyl (C=O) groups excluding carboxylic acids is 1. The van der Waals surface area contributed by atoms with Gasteiger partial charge in [-0.25, -0.2) is 4.98 Å². The van der Waals surface area contributed by atoms with Gasteiger partial charge in [-0.2, -0.15) is 5.10 Å². The summed E-state index contributed by atoms with van der Waals surface area (Å²) in [6.45, 7) is 4.02. The summed E-state index contributed by atoms with van der Waals surface area (Å²) in [5.74, 6) is -0.0265. The van der Waals surface area contributed by atoms with Gasteiger partial charge in [-0.1, -0.05) is 0 Å². The first-order valence-corrected chi connectivity index (χ1v) is 8.34. The molecule has 0 N–H and O–H groups in total. The lowest BCUT2D eigenvalue weighted by molar-refractivity contribution is -0.136. The number of amides is 1. The number of hydrogen-bond donors (Lipinski definition) is 0. The molecule has 2 atom stereocenters. The van der Waals surface area contributed by atoms with Gasteiger partial charge in [-0.05, 0) is 13.3 Å². The minimum atomic E-state index is -0.188. The molecule has 0 unspecified atom stereocenters. The van der Waals surface area contributed by atoms with Crippen molar-refractivity contribution in [1.29, 1.82) is 0 Å². The van der Waals surface area contributed by atoms with Crippen LogP contribution in [0.15, 0.2) is 24.0 Å². The van der Waals surface area contributed by atoms with E-state index in [1.54, 1.807) is 28.6 Å². The minimum Gasteiger partial charge on any atom is -0.373 e. The van der Waals surface area contributed by atoms with Crippen LogP contribution in [-0.2, 0) is 22.6 Å². The van der Waals surface area contributed by atoms with Crippen LogP contribution in [-0.4, -0.2) is 39.2 Å². The number of aryl methyl sites for hydroxylation is 1. The first-order valence-electron chi connectivity index (χ1n) is 7.46. The third kappa shape index (κ3) is 3.05. The van der Waals surface area contributed by atoms with Crippen LogP contribution in [0.1, 0.15) is 30.0 Å². The zero-order chi connectivity index (χ0) is 15.5. The Hall–Kier alpha value is -1.73. The van der Waals surface area contributed by atoms with Gasteiger partial charge in [0.2, 0.25) is 5.91 Å². The molecule has 3 heterocycles. The van der Waals surface area contributed by atoms with Crippen molar-refractivity contribution in [2.75, 3.05) is 13.7 Å².